The maximum absolute atomic E-state index is 12.4. The van der Waals surface area contributed by atoms with Gasteiger partial charge in [-0.3, -0.25) is 4.79 Å². The standard InChI is InChI=1S/C13H18F6O5/c1-5-10(3,4)8(20)24-7(2)6-23-9(21)11(22,12(14,15)16)13(17,18)19/h7,22H,5-6H2,1-4H3. The molecule has 1 unspecified atom stereocenters. The van der Waals surface area contributed by atoms with E-state index in [1.807, 2.05) is 0 Å². The first kappa shape index (κ1) is 22.5. The Labute approximate surface area is 133 Å². The summed E-state index contributed by atoms with van der Waals surface area (Å²) in [4.78, 5) is 22.8. The predicted octanol–water partition coefficient (Wildman–Crippen LogP) is 2.75. The van der Waals surface area contributed by atoms with Crippen molar-refractivity contribution in [3.05, 3.63) is 0 Å². The smallest absolute Gasteiger partial charge is 0.437 e. The Balaban J connectivity index is 4.98. The van der Waals surface area contributed by atoms with Crippen LogP contribution in [0.4, 0.5) is 26.3 Å². The number of ether oxygens (including phenoxy) is 2. The highest BCUT2D eigenvalue weighted by atomic mass is 19.4. The van der Waals surface area contributed by atoms with E-state index in [4.69, 9.17) is 9.84 Å². The lowest BCUT2D eigenvalue weighted by Gasteiger charge is -2.30. The lowest BCUT2D eigenvalue weighted by Crippen LogP contribution is -2.63. The molecule has 0 saturated heterocycles. The van der Waals surface area contributed by atoms with E-state index < -0.39 is 48.0 Å². The fourth-order valence-corrected chi connectivity index (χ4v) is 1.21. The van der Waals surface area contributed by atoms with Crippen molar-refractivity contribution >= 4 is 11.9 Å². The monoisotopic (exact) mass is 368 g/mol. The summed E-state index contributed by atoms with van der Waals surface area (Å²) in [6.07, 6.45) is -13.6. The number of carbonyl (C=O) groups excluding carboxylic acids is 2. The summed E-state index contributed by atoms with van der Waals surface area (Å²) in [5, 5.41) is 8.78. The van der Waals surface area contributed by atoms with Gasteiger partial charge in [0.2, 0.25) is 0 Å². The minimum atomic E-state index is -6.33. The molecule has 0 aromatic heterocycles. The summed E-state index contributed by atoms with van der Waals surface area (Å²) >= 11 is 0. The van der Waals surface area contributed by atoms with Crippen molar-refractivity contribution in [1.82, 2.24) is 0 Å². The SMILES string of the molecule is CCC(C)(C)C(=O)OC(C)COC(=O)C(O)(C(F)(F)F)C(F)(F)F. The van der Waals surface area contributed by atoms with E-state index in [1.54, 1.807) is 6.92 Å². The molecule has 0 spiro atoms. The molecule has 5 nitrogen and oxygen atoms in total. The van der Waals surface area contributed by atoms with Crippen LogP contribution in [-0.2, 0) is 19.1 Å². The number of hydrogen-bond donors (Lipinski definition) is 1. The van der Waals surface area contributed by atoms with Gasteiger partial charge in [-0.15, -0.1) is 0 Å². The molecule has 0 fully saturated rings. The van der Waals surface area contributed by atoms with Crippen LogP contribution in [0.25, 0.3) is 0 Å². The number of esters is 2. The summed E-state index contributed by atoms with van der Waals surface area (Å²) in [5.41, 5.74) is -6.59. The molecule has 0 aliphatic rings. The average molecular weight is 368 g/mol. The van der Waals surface area contributed by atoms with Gasteiger partial charge in [0.05, 0.1) is 5.41 Å². The molecule has 142 valence electrons. The van der Waals surface area contributed by atoms with Crippen molar-refractivity contribution < 1.29 is 50.5 Å². The van der Waals surface area contributed by atoms with Crippen LogP contribution in [-0.4, -0.2) is 47.7 Å². The van der Waals surface area contributed by atoms with Crippen LogP contribution >= 0.6 is 0 Å². The normalized spacial score (nSPS) is 15.0. The second-order valence-corrected chi connectivity index (χ2v) is 5.76. The Morgan fingerprint density at radius 1 is 1.00 bits per heavy atom. The van der Waals surface area contributed by atoms with E-state index in [-0.39, 0.29) is 0 Å². The van der Waals surface area contributed by atoms with Crippen LogP contribution in [0.2, 0.25) is 0 Å². The fraction of sp³-hybridized carbons (Fsp3) is 0.846. The van der Waals surface area contributed by atoms with E-state index in [1.165, 1.54) is 13.8 Å². The van der Waals surface area contributed by atoms with E-state index in [9.17, 15) is 35.9 Å². The molecule has 0 aliphatic heterocycles. The van der Waals surface area contributed by atoms with E-state index >= 15 is 0 Å². The topological polar surface area (TPSA) is 72.8 Å². The molecule has 0 aliphatic carbocycles. The van der Waals surface area contributed by atoms with Gasteiger partial charge in [0.15, 0.2) is 0 Å². The summed E-state index contributed by atoms with van der Waals surface area (Å²) in [6.45, 7) is 4.72. The Hall–Kier alpha value is -1.52. The quantitative estimate of drug-likeness (QED) is 0.577. The number of aliphatic hydroxyl groups is 1. The zero-order chi connectivity index (χ0) is 19.6. The van der Waals surface area contributed by atoms with E-state index in [0.29, 0.717) is 6.42 Å². The van der Waals surface area contributed by atoms with Crippen LogP contribution in [0.1, 0.15) is 34.1 Å². The van der Waals surface area contributed by atoms with Gasteiger partial charge in [-0.2, -0.15) is 26.3 Å². The molecule has 0 aromatic rings. The third-order valence-electron chi connectivity index (χ3n) is 3.31. The fourth-order valence-electron chi connectivity index (χ4n) is 1.21. The highest BCUT2D eigenvalue weighted by molar-refractivity contribution is 5.81. The molecule has 0 rings (SSSR count). The molecule has 1 N–H and O–H groups in total. The van der Waals surface area contributed by atoms with Crippen molar-refractivity contribution in [2.24, 2.45) is 5.41 Å². The zero-order valence-corrected chi connectivity index (χ0v) is 13.3. The van der Waals surface area contributed by atoms with Gasteiger partial charge in [0.25, 0.3) is 0 Å². The van der Waals surface area contributed by atoms with Crippen LogP contribution in [0, 0.1) is 5.41 Å². The third kappa shape index (κ3) is 4.74. The first-order valence-electron chi connectivity index (χ1n) is 6.74. The molecule has 0 bridgehead atoms. The van der Waals surface area contributed by atoms with E-state index in [2.05, 4.69) is 4.74 Å². The summed E-state index contributed by atoms with van der Waals surface area (Å²) in [7, 11) is 0. The first-order chi connectivity index (χ1) is 10.5. The van der Waals surface area contributed by atoms with Crippen LogP contribution in [0.15, 0.2) is 0 Å². The van der Waals surface area contributed by atoms with Gasteiger partial charge >= 0.3 is 29.9 Å². The molecule has 0 saturated carbocycles. The highest BCUT2D eigenvalue weighted by Crippen LogP contribution is 2.43. The minimum Gasteiger partial charge on any atom is -0.459 e. The number of carbonyl (C=O) groups is 2. The Bertz CT molecular complexity index is 454. The van der Waals surface area contributed by atoms with Gasteiger partial charge < -0.3 is 14.6 Å². The maximum atomic E-state index is 12.4. The summed E-state index contributed by atoms with van der Waals surface area (Å²) < 4.78 is 83.2. The number of rotatable bonds is 6. The second-order valence-electron chi connectivity index (χ2n) is 5.76. The van der Waals surface area contributed by atoms with Gasteiger partial charge in [0, 0.05) is 0 Å². The molecule has 0 heterocycles. The third-order valence-corrected chi connectivity index (χ3v) is 3.31. The van der Waals surface area contributed by atoms with Crippen molar-refractivity contribution in [3.63, 3.8) is 0 Å². The Morgan fingerprint density at radius 3 is 1.75 bits per heavy atom. The summed E-state index contributed by atoms with van der Waals surface area (Å²) in [5.74, 6) is -3.71. The number of halogens is 6. The molecule has 0 aromatic carbocycles. The van der Waals surface area contributed by atoms with Gasteiger partial charge in [-0.05, 0) is 27.2 Å². The van der Waals surface area contributed by atoms with Gasteiger partial charge in [-0.1, -0.05) is 6.92 Å². The zero-order valence-electron chi connectivity index (χ0n) is 13.3. The van der Waals surface area contributed by atoms with Crippen molar-refractivity contribution in [2.45, 2.75) is 58.2 Å². The molecular weight excluding hydrogens is 350 g/mol. The molecular formula is C13H18F6O5. The number of hydrogen-bond acceptors (Lipinski definition) is 5. The molecule has 24 heavy (non-hydrogen) atoms. The van der Waals surface area contributed by atoms with Crippen LogP contribution in [0.3, 0.4) is 0 Å². The predicted molar refractivity (Wildman–Crippen MR) is 67.6 cm³/mol. The maximum Gasteiger partial charge on any atom is 0.437 e. The Morgan fingerprint density at radius 2 is 1.42 bits per heavy atom. The molecule has 1 atom stereocenters. The van der Waals surface area contributed by atoms with Gasteiger partial charge in [-0.25, -0.2) is 4.79 Å². The van der Waals surface area contributed by atoms with Gasteiger partial charge in [0.1, 0.15) is 12.7 Å². The van der Waals surface area contributed by atoms with Crippen LogP contribution in [0.5, 0.6) is 0 Å². The van der Waals surface area contributed by atoms with Crippen molar-refractivity contribution in [2.75, 3.05) is 6.61 Å². The Kier molecular flexibility index (Phi) is 6.70. The molecule has 11 heteroatoms. The van der Waals surface area contributed by atoms with Crippen molar-refractivity contribution in [1.29, 1.82) is 0 Å². The lowest BCUT2D eigenvalue weighted by atomic mass is 9.91. The molecule has 0 amide bonds. The number of alkyl halides is 6. The van der Waals surface area contributed by atoms with Crippen LogP contribution < -0.4 is 0 Å². The molecule has 0 radical (unpaired) electrons. The highest BCUT2D eigenvalue weighted by Gasteiger charge is 2.76. The minimum absolute atomic E-state index is 0.361. The largest absolute Gasteiger partial charge is 0.459 e. The van der Waals surface area contributed by atoms with Crippen molar-refractivity contribution in [3.8, 4) is 0 Å². The lowest BCUT2D eigenvalue weighted by molar-refractivity contribution is -0.357. The second kappa shape index (κ2) is 7.16. The van der Waals surface area contributed by atoms with E-state index in [0.717, 1.165) is 6.92 Å². The first-order valence-corrected chi connectivity index (χ1v) is 6.74. The summed E-state index contributed by atoms with van der Waals surface area (Å²) in [6, 6.07) is 0. The average Bonchev–Trinajstić information content (AvgIpc) is 2.41.